The largest absolute Gasteiger partial charge is 0.305 e. The number of halogens is 2. The Kier molecular flexibility index (Phi) is 4.92. The van der Waals surface area contributed by atoms with E-state index in [-0.39, 0.29) is 24.1 Å². The lowest BCUT2D eigenvalue weighted by Gasteiger charge is -2.15. The first-order valence-electron chi connectivity index (χ1n) is 7.65. The summed E-state index contributed by atoms with van der Waals surface area (Å²) in [6.45, 7) is 0.532. The minimum absolute atomic E-state index is 0.130. The molecule has 1 atom stereocenters. The summed E-state index contributed by atoms with van der Waals surface area (Å²) in [5.74, 6) is -0.773. The normalized spacial score (nSPS) is 17.6. The van der Waals surface area contributed by atoms with Gasteiger partial charge in [-0.1, -0.05) is 23.7 Å². The van der Waals surface area contributed by atoms with Crippen LogP contribution in [0.1, 0.15) is 12.0 Å². The van der Waals surface area contributed by atoms with Gasteiger partial charge in [-0.2, -0.15) is 0 Å². The maximum absolute atomic E-state index is 12.9. The molecule has 1 fully saturated rings. The summed E-state index contributed by atoms with van der Waals surface area (Å²) in [5.41, 5.74) is 1.49. The number of hydrogen-bond acceptors (Lipinski definition) is 3. The molecule has 0 aliphatic carbocycles. The molecule has 1 aliphatic rings. The van der Waals surface area contributed by atoms with Gasteiger partial charge in [-0.15, -0.1) is 0 Å². The molecule has 0 saturated carbocycles. The van der Waals surface area contributed by atoms with Crippen LogP contribution in [0, 0.1) is 5.82 Å². The number of rotatable bonds is 5. The van der Waals surface area contributed by atoms with E-state index in [1.54, 1.807) is 36.4 Å². The van der Waals surface area contributed by atoms with Crippen LogP contribution in [0.5, 0.6) is 0 Å². The van der Waals surface area contributed by atoms with Crippen LogP contribution in [0.25, 0.3) is 0 Å². The van der Waals surface area contributed by atoms with Crippen LogP contribution in [-0.4, -0.2) is 24.4 Å². The molecule has 1 N–H and O–H groups in total. The zero-order valence-electron chi connectivity index (χ0n) is 12.8. The van der Waals surface area contributed by atoms with Gasteiger partial charge in [0.15, 0.2) is 0 Å². The third-order valence-electron chi connectivity index (χ3n) is 3.95. The first-order valence-corrected chi connectivity index (χ1v) is 8.02. The van der Waals surface area contributed by atoms with E-state index >= 15 is 0 Å². The second kappa shape index (κ2) is 7.11. The molecule has 0 aromatic heterocycles. The SMILES string of the molecule is O=C1C[C@@H](NCCc2ccc(F)cc2)C(=O)N1c1ccc(Cl)cc1. The van der Waals surface area contributed by atoms with Crippen molar-refractivity contribution in [3.05, 3.63) is 64.9 Å². The van der Waals surface area contributed by atoms with Crippen LogP contribution in [-0.2, 0) is 16.0 Å². The van der Waals surface area contributed by atoms with Crippen LogP contribution < -0.4 is 10.2 Å². The molecular formula is C18H16ClFN2O2. The molecule has 2 aromatic carbocycles. The average molecular weight is 347 g/mol. The summed E-state index contributed by atoms with van der Waals surface area (Å²) in [5, 5.41) is 3.65. The molecule has 24 heavy (non-hydrogen) atoms. The Hall–Kier alpha value is -2.24. The molecular weight excluding hydrogens is 331 g/mol. The molecule has 124 valence electrons. The zero-order chi connectivity index (χ0) is 17.1. The van der Waals surface area contributed by atoms with E-state index in [9.17, 15) is 14.0 Å². The van der Waals surface area contributed by atoms with Gasteiger partial charge in [0.2, 0.25) is 5.91 Å². The number of imide groups is 1. The van der Waals surface area contributed by atoms with E-state index in [2.05, 4.69) is 5.32 Å². The Morgan fingerprint density at radius 3 is 2.42 bits per heavy atom. The Bertz CT molecular complexity index is 747. The molecule has 0 bridgehead atoms. The fraction of sp³-hybridized carbons (Fsp3) is 0.222. The molecule has 3 rings (SSSR count). The highest BCUT2D eigenvalue weighted by atomic mass is 35.5. The van der Waals surface area contributed by atoms with Crippen LogP contribution in [0.4, 0.5) is 10.1 Å². The number of hydrogen-bond donors (Lipinski definition) is 1. The second-order valence-corrected chi connectivity index (χ2v) is 6.07. The molecule has 6 heteroatoms. The third kappa shape index (κ3) is 3.63. The van der Waals surface area contributed by atoms with Crippen molar-refractivity contribution in [2.75, 3.05) is 11.4 Å². The van der Waals surface area contributed by atoms with Gasteiger partial charge in [0, 0.05) is 5.02 Å². The van der Waals surface area contributed by atoms with Crippen LogP contribution >= 0.6 is 11.6 Å². The zero-order valence-corrected chi connectivity index (χ0v) is 13.6. The molecule has 0 spiro atoms. The molecule has 4 nitrogen and oxygen atoms in total. The van der Waals surface area contributed by atoms with Gasteiger partial charge in [0.05, 0.1) is 18.2 Å². The van der Waals surface area contributed by atoms with Crippen LogP contribution in [0.15, 0.2) is 48.5 Å². The minimum atomic E-state index is -0.534. The first kappa shape index (κ1) is 16.6. The Morgan fingerprint density at radius 2 is 1.75 bits per heavy atom. The van der Waals surface area contributed by atoms with Gasteiger partial charge in [-0.05, 0) is 54.9 Å². The van der Waals surface area contributed by atoms with Gasteiger partial charge < -0.3 is 5.32 Å². The predicted molar refractivity (Wildman–Crippen MR) is 90.5 cm³/mol. The highest BCUT2D eigenvalue weighted by molar-refractivity contribution is 6.30. The number of nitrogens with one attached hydrogen (secondary N) is 1. The summed E-state index contributed by atoms with van der Waals surface area (Å²) < 4.78 is 12.9. The molecule has 1 aliphatic heterocycles. The summed E-state index contributed by atoms with van der Waals surface area (Å²) in [6.07, 6.45) is 0.782. The number of nitrogens with zero attached hydrogens (tertiary/aromatic N) is 1. The quantitative estimate of drug-likeness (QED) is 0.847. The Morgan fingerprint density at radius 1 is 1.08 bits per heavy atom. The predicted octanol–water partition coefficient (Wildman–Crippen LogP) is 2.94. The number of anilines is 1. The lowest BCUT2D eigenvalue weighted by Crippen LogP contribution is -2.39. The smallest absolute Gasteiger partial charge is 0.251 e. The van der Waals surface area contributed by atoms with Crippen molar-refractivity contribution in [1.29, 1.82) is 0 Å². The fourth-order valence-electron chi connectivity index (χ4n) is 2.69. The highest BCUT2D eigenvalue weighted by Gasteiger charge is 2.39. The monoisotopic (exact) mass is 346 g/mol. The number of benzene rings is 2. The molecule has 2 aromatic rings. The summed E-state index contributed by atoms with van der Waals surface area (Å²) in [6, 6.07) is 12.3. The maximum atomic E-state index is 12.9. The Labute approximate surface area is 144 Å². The van der Waals surface area contributed by atoms with E-state index in [4.69, 9.17) is 11.6 Å². The van der Waals surface area contributed by atoms with Gasteiger partial charge in [-0.25, -0.2) is 9.29 Å². The lowest BCUT2D eigenvalue weighted by atomic mass is 10.1. The van der Waals surface area contributed by atoms with E-state index in [0.717, 1.165) is 5.56 Å². The van der Waals surface area contributed by atoms with E-state index in [0.29, 0.717) is 23.7 Å². The van der Waals surface area contributed by atoms with Crippen molar-refractivity contribution in [2.24, 2.45) is 0 Å². The topological polar surface area (TPSA) is 49.4 Å². The van der Waals surface area contributed by atoms with Gasteiger partial charge in [0.1, 0.15) is 5.82 Å². The van der Waals surface area contributed by atoms with Crippen LogP contribution in [0.3, 0.4) is 0 Å². The van der Waals surface area contributed by atoms with Crippen molar-refractivity contribution < 1.29 is 14.0 Å². The summed E-state index contributed by atoms with van der Waals surface area (Å²) in [7, 11) is 0. The minimum Gasteiger partial charge on any atom is -0.305 e. The van der Waals surface area contributed by atoms with Gasteiger partial charge >= 0.3 is 0 Å². The first-order chi connectivity index (χ1) is 11.5. The van der Waals surface area contributed by atoms with Crippen molar-refractivity contribution in [3.63, 3.8) is 0 Å². The van der Waals surface area contributed by atoms with Crippen molar-refractivity contribution in [3.8, 4) is 0 Å². The number of carbonyl (C=O) groups is 2. The van der Waals surface area contributed by atoms with Gasteiger partial charge in [-0.3, -0.25) is 9.59 Å². The maximum Gasteiger partial charge on any atom is 0.251 e. The van der Waals surface area contributed by atoms with Gasteiger partial charge in [0.25, 0.3) is 5.91 Å². The molecule has 1 heterocycles. The van der Waals surface area contributed by atoms with E-state index in [1.807, 2.05) is 0 Å². The van der Waals surface area contributed by atoms with Crippen molar-refractivity contribution in [1.82, 2.24) is 5.32 Å². The second-order valence-electron chi connectivity index (χ2n) is 5.63. The van der Waals surface area contributed by atoms with Crippen molar-refractivity contribution in [2.45, 2.75) is 18.9 Å². The molecule has 0 radical (unpaired) electrons. The summed E-state index contributed by atoms with van der Waals surface area (Å²) >= 11 is 5.83. The lowest BCUT2D eigenvalue weighted by molar-refractivity contribution is -0.121. The van der Waals surface area contributed by atoms with E-state index in [1.165, 1.54) is 17.0 Å². The average Bonchev–Trinajstić information content (AvgIpc) is 2.85. The standard InChI is InChI=1S/C18H16ClFN2O2/c19-13-3-7-15(8-4-13)22-17(23)11-16(18(22)24)21-10-9-12-1-5-14(20)6-2-12/h1-8,16,21H,9-11H2/t16-/m1/s1. The molecule has 0 unspecified atom stereocenters. The number of amides is 2. The highest BCUT2D eigenvalue weighted by Crippen LogP contribution is 2.24. The fourth-order valence-corrected chi connectivity index (χ4v) is 2.82. The Balaban J connectivity index is 1.59. The third-order valence-corrected chi connectivity index (χ3v) is 4.20. The molecule has 2 amide bonds. The van der Waals surface area contributed by atoms with Crippen LogP contribution in [0.2, 0.25) is 5.02 Å². The number of carbonyl (C=O) groups excluding carboxylic acids is 2. The summed E-state index contributed by atoms with van der Waals surface area (Å²) in [4.78, 5) is 25.8. The van der Waals surface area contributed by atoms with Crippen molar-refractivity contribution >= 4 is 29.1 Å². The van der Waals surface area contributed by atoms with E-state index < -0.39 is 6.04 Å². The molecule has 1 saturated heterocycles.